The standard InChI is InChI=1S/C24H27F6N3O4/c1-4-5-18(21(34)31-9-8-14-6-7-19(36-2)20(10-14)37-3)33-22(35)32-17-12-15(23(25,26)27)11-16(13-17)24(28,29)30/h6-7,10-13,18H,4-5,8-9H2,1-3H3,(H,31,34)(H2,32,33,35). The van der Waals surface area contributed by atoms with E-state index in [2.05, 4.69) is 10.6 Å². The molecule has 3 amide bonds. The van der Waals surface area contributed by atoms with Crippen LogP contribution >= 0.6 is 0 Å². The fourth-order valence-electron chi connectivity index (χ4n) is 3.40. The van der Waals surface area contributed by atoms with Crippen molar-refractivity contribution in [1.29, 1.82) is 0 Å². The third kappa shape index (κ3) is 8.76. The Morgan fingerprint density at radius 1 is 0.892 bits per heavy atom. The normalized spacial score (nSPS) is 12.5. The summed E-state index contributed by atoms with van der Waals surface area (Å²) >= 11 is 0. The Morgan fingerprint density at radius 3 is 2.00 bits per heavy atom. The molecule has 0 fully saturated rings. The Balaban J connectivity index is 2.05. The maximum atomic E-state index is 13.0. The highest BCUT2D eigenvalue weighted by atomic mass is 19.4. The van der Waals surface area contributed by atoms with Gasteiger partial charge in [0.25, 0.3) is 0 Å². The Bertz CT molecular complexity index is 1060. The Labute approximate surface area is 209 Å². The van der Waals surface area contributed by atoms with Gasteiger partial charge in [0.1, 0.15) is 6.04 Å². The van der Waals surface area contributed by atoms with Crippen LogP contribution in [0, 0.1) is 0 Å². The second-order valence-corrected chi connectivity index (χ2v) is 7.96. The predicted octanol–water partition coefficient (Wildman–Crippen LogP) is 5.39. The van der Waals surface area contributed by atoms with Crippen molar-refractivity contribution in [2.24, 2.45) is 0 Å². The summed E-state index contributed by atoms with van der Waals surface area (Å²) in [5.41, 5.74) is -3.03. The summed E-state index contributed by atoms with van der Waals surface area (Å²) in [5.74, 6) is 0.492. The Hall–Kier alpha value is -3.64. The van der Waals surface area contributed by atoms with E-state index < -0.39 is 47.1 Å². The third-order valence-electron chi connectivity index (χ3n) is 5.21. The molecule has 1 unspecified atom stereocenters. The average Bonchev–Trinajstić information content (AvgIpc) is 2.82. The first-order valence-corrected chi connectivity index (χ1v) is 11.1. The second-order valence-electron chi connectivity index (χ2n) is 7.96. The highest BCUT2D eigenvalue weighted by Crippen LogP contribution is 2.37. The van der Waals surface area contributed by atoms with Crippen molar-refractivity contribution >= 4 is 17.6 Å². The van der Waals surface area contributed by atoms with Crippen LogP contribution in [0.3, 0.4) is 0 Å². The lowest BCUT2D eigenvalue weighted by atomic mass is 10.1. The molecule has 3 N–H and O–H groups in total. The summed E-state index contributed by atoms with van der Waals surface area (Å²) < 4.78 is 88.7. The number of rotatable bonds is 10. The van der Waals surface area contributed by atoms with E-state index in [1.54, 1.807) is 25.1 Å². The van der Waals surface area contributed by atoms with Gasteiger partial charge in [-0.05, 0) is 48.7 Å². The Kier molecular flexibility index (Phi) is 10.0. The van der Waals surface area contributed by atoms with Gasteiger partial charge in [0.15, 0.2) is 11.5 Å². The van der Waals surface area contributed by atoms with Gasteiger partial charge in [-0.1, -0.05) is 19.4 Å². The SMILES string of the molecule is CCCC(NC(=O)Nc1cc(C(F)(F)F)cc(C(F)(F)F)c1)C(=O)NCCc1ccc(OC)c(OC)c1. The van der Waals surface area contributed by atoms with Crippen LogP contribution in [-0.4, -0.2) is 38.7 Å². The van der Waals surface area contributed by atoms with Gasteiger partial charge in [-0.3, -0.25) is 4.79 Å². The molecule has 2 aromatic carbocycles. The lowest BCUT2D eigenvalue weighted by Gasteiger charge is -2.19. The van der Waals surface area contributed by atoms with E-state index in [1.165, 1.54) is 14.2 Å². The van der Waals surface area contributed by atoms with E-state index in [4.69, 9.17) is 9.47 Å². The highest BCUT2D eigenvalue weighted by Gasteiger charge is 2.37. The number of nitrogens with one attached hydrogen (secondary N) is 3. The number of hydrogen-bond donors (Lipinski definition) is 3. The molecule has 0 spiro atoms. The topological polar surface area (TPSA) is 88.7 Å². The van der Waals surface area contributed by atoms with Crippen LogP contribution in [0.4, 0.5) is 36.8 Å². The lowest BCUT2D eigenvalue weighted by Crippen LogP contribution is -2.48. The number of urea groups is 1. The number of alkyl halides is 6. The summed E-state index contributed by atoms with van der Waals surface area (Å²) in [7, 11) is 2.98. The van der Waals surface area contributed by atoms with Gasteiger partial charge in [0, 0.05) is 12.2 Å². The summed E-state index contributed by atoms with van der Waals surface area (Å²) in [5, 5.41) is 6.92. The number of ether oxygens (including phenoxy) is 2. The largest absolute Gasteiger partial charge is 0.493 e. The van der Waals surface area contributed by atoms with E-state index >= 15 is 0 Å². The molecule has 0 bridgehead atoms. The zero-order chi connectivity index (χ0) is 27.8. The number of amides is 3. The molecule has 2 rings (SSSR count). The second kappa shape index (κ2) is 12.5. The maximum Gasteiger partial charge on any atom is 0.416 e. The lowest BCUT2D eigenvalue weighted by molar-refractivity contribution is -0.143. The molecule has 0 aliphatic carbocycles. The molecule has 2 aromatic rings. The minimum atomic E-state index is -5.06. The molecule has 0 radical (unpaired) electrons. The number of hydrogen-bond acceptors (Lipinski definition) is 4. The van der Waals surface area contributed by atoms with Gasteiger partial charge in [0.2, 0.25) is 5.91 Å². The maximum absolute atomic E-state index is 13.0. The van der Waals surface area contributed by atoms with Gasteiger partial charge in [-0.15, -0.1) is 0 Å². The first kappa shape index (κ1) is 29.6. The third-order valence-corrected chi connectivity index (χ3v) is 5.21. The van der Waals surface area contributed by atoms with E-state index in [0.717, 1.165) is 5.56 Å². The fourth-order valence-corrected chi connectivity index (χ4v) is 3.40. The zero-order valence-electron chi connectivity index (χ0n) is 20.3. The van der Waals surface area contributed by atoms with Crippen molar-refractivity contribution in [3.8, 4) is 11.5 Å². The first-order chi connectivity index (χ1) is 17.3. The molecule has 7 nitrogen and oxygen atoms in total. The molecule has 13 heteroatoms. The predicted molar refractivity (Wildman–Crippen MR) is 124 cm³/mol. The molecule has 0 aromatic heterocycles. The van der Waals surface area contributed by atoms with E-state index in [9.17, 15) is 35.9 Å². The van der Waals surface area contributed by atoms with E-state index in [-0.39, 0.29) is 19.0 Å². The van der Waals surface area contributed by atoms with Crippen LogP contribution in [0.2, 0.25) is 0 Å². The smallest absolute Gasteiger partial charge is 0.416 e. The molecule has 0 saturated carbocycles. The summed E-state index contributed by atoms with van der Waals surface area (Å²) in [4.78, 5) is 25.0. The van der Waals surface area contributed by atoms with Gasteiger partial charge in [-0.25, -0.2) is 4.79 Å². The monoisotopic (exact) mass is 535 g/mol. The first-order valence-electron chi connectivity index (χ1n) is 11.1. The average molecular weight is 535 g/mol. The number of carbonyl (C=O) groups excluding carboxylic acids is 2. The van der Waals surface area contributed by atoms with Gasteiger partial charge in [-0.2, -0.15) is 26.3 Å². The molecule has 37 heavy (non-hydrogen) atoms. The van der Waals surface area contributed by atoms with Crippen LogP contribution in [0.25, 0.3) is 0 Å². The molecular formula is C24H27F6N3O4. The van der Waals surface area contributed by atoms with Crippen LogP contribution < -0.4 is 25.4 Å². The quantitative estimate of drug-likeness (QED) is 0.356. The molecular weight excluding hydrogens is 508 g/mol. The van der Waals surface area contributed by atoms with Crippen molar-refractivity contribution < 1.29 is 45.4 Å². The van der Waals surface area contributed by atoms with Crippen molar-refractivity contribution in [1.82, 2.24) is 10.6 Å². The van der Waals surface area contributed by atoms with Crippen LogP contribution in [0.1, 0.15) is 36.5 Å². The molecule has 0 aliphatic heterocycles. The van der Waals surface area contributed by atoms with E-state index in [1.807, 2.05) is 5.32 Å². The van der Waals surface area contributed by atoms with Crippen LogP contribution in [0.15, 0.2) is 36.4 Å². The molecule has 0 heterocycles. The van der Waals surface area contributed by atoms with Gasteiger partial charge >= 0.3 is 18.4 Å². The molecule has 0 aliphatic rings. The number of methoxy groups -OCH3 is 2. The molecule has 204 valence electrons. The Morgan fingerprint density at radius 2 is 1.49 bits per heavy atom. The van der Waals surface area contributed by atoms with Crippen molar-refractivity contribution in [3.05, 3.63) is 53.1 Å². The number of anilines is 1. The van der Waals surface area contributed by atoms with Gasteiger partial charge in [0.05, 0.1) is 25.3 Å². The zero-order valence-corrected chi connectivity index (χ0v) is 20.3. The molecule has 0 saturated heterocycles. The summed E-state index contributed by atoms with van der Waals surface area (Å²) in [6.45, 7) is 1.94. The highest BCUT2D eigenvalue weighted by molar-refractivity contribution is 5.93. The van der Waals surface area contributed by atoms with Crippen LogP contribution in [-0.2, 0) is 23.6 Å². The van der Waals surface area contributed by atoms with Crippen LogP contribution in [0.5, 0.6) is 11.5 Å². The number of carbonyl (C=O) groups is 2. The number of halogens is 6. The summed E-state index contributed by atoms with van der Waals surface area (Å²) in [6.07, 6.45) is -9.05. The van der Waals surface area contributed by atoms with Crippen molar-refractivity contribution in [3.63, 3.8) is 0 Å². The fraction of sp³-hybridized carbons (Fsp3) is 0.417. The minimum Gasteiger partial charge on any atom is -0.493 e. The number of benzene rings is 2. The van der Waals surface area contributed by atoms with E-state index in [0.29, 0.717) is 36.5 Å². The minimum absolute atomic E-state index is 0.0468. The summed E-state index contributed by atoms with van der Waals surface area (Å²) in [6, 6.07) is 3.76. The van der Waals surface area contributed by atoms with Crippen molar-refractivity contribution in [2.75, 3.05) is 26.1 Å². The molecule has 1 atom stereocenters. The van der Waals surface area contributed by atoms with Crippen molar-refractivity contribution in [2.45, 2.75) is 44.6 Å². The van der Waals surface area contributed by atoms with Gasteiger partial charge < -0.3 is 25.4 Å².